The number of carbonyl (C=O) groups is 1. The molecule has 0 spiro atoms. The normalized spacial score (nSPS) is 19.8. The maximum absolute atomic E-state index is 12.6. The highest BCUT2D eigenvalue weighted by Gasteiger charge is 2.33. The first-order chi connectivity index (χ1) is 12.1. The van der Waals surface area contributed by atoms with Gasteiger partial charge < -0.3 is 10.1 Å². The van der Waals surface area contributed by atoms with Gasteiger partial charge in [0.25, 0.3) is 0 Å². The predicted molar refractivity (Wildman–Crippen MR) is 97.9 cm³/mol. The molecule has 3 N–H and O–H groups in total. The van der Waals surface area contributed by atoms with Crippen LogP contribution in [0.4, 0.5) is 0 Å². The number of hydrazine groups is 1. The van der Waals surface area contributed by atoms with Gasteiger partial charge in [-0.25, -0.2) is 5.43 Å². The van der Waals surface area contributed by atoms with Crippen LogP contribution in [0.5, 0.6) is 5.75 Å². The predicted octanol–water partition coefficient (Wildman–Crippen LogP) is 2.56. The van der Waals surface area contributed by atoms with Crippen LogP contribution in [-0.2, 0) is 11.3 Å². The van der Waals surface area contributed by atoms with Crippen LogP contribution >= 0.6 is 0 Å². The average Bonchev–Trinajstić information content (AvgIpc) is 3.11. The van der Waals surface area contributed by atoms with Crippen molar-refractivity contribution in [2.75, 3.05) is 6.54 Å². The Morgan fingerprint density at radius 1 is 1.16 bits per heavy atom. The number of carbonyl (C=O) groups excluding carboxylic acids is 1. The third-order valence-electron chi connectivity index (χ3n) is 4.24. The van der Waals surface area contributed by atoms with Crippen LogP contribution in [0.1, 0.15) is 31.0 Å². The molecule has 5 heteroatoms. The fraction of sp³-hybridized carbons (Fsp3) is 0.350. The van der Waals surface area contributed by atoms with Gasteiger partial charge in [0, 0.05) is 13.1 Å². The SMILES string of the molecule is CC(C)Oc1ccc(CNC(=O)C2CNNC2c2ccccc2)cc1. The molecule has 1 saturated heterocycles. The van der Waals surface area contributed by atoms with E-state index in [-0.39, 0.29) is 24.0 Å². The summed E-state index contributed by atoms with van der Waals surface area (Å²) in [7, 11) is 0. The Bertz CT molecular complexity index is 686. The molecule has 0 radical (unpaired) electrons. The van der Waals surface area contributed by atoms with E-state index >= 15 is 0 Å². The number of benzene rings is 2. The van der Waals surface area contributed by atoms with Gasteiger partial charge in [0.2, 0.25) is 5.91 Å². The fourth-order valence-electron chi connectivity index (χ4n) is 3.00. The van der Waals surface area contributed by atoms with Crippen molar-refractivity contribution in [3.8, 4) is 5.75 Å². The first kappa shape index (κ1) is 17.5. The summed E-state index contributed by atoms with van der Waals surface area (Å²) in [6, 6.07) is 17.9. The first-order valence-corrected chi connectivity index (χ1v) is 8.70. The molecule has 1 aliphatic rings. The quantitative estimate of drug-likeness (QED) is 0.757. The van der Waals surface area contributed by atoms with Crippen LogP contribution in [0.25, 0.3) is 0 Å². The number of ether oxygens (including phenoxy) is 1. The molecule has 1 heterocycles. The number of hydrogen-bond acceptors (Lipinski definition) is 4. The molecule has 0 bridgehead atoms. The van der Waals surface area contributed by atoms with Crippen molar-refractivity contribution in [1.29, 1.82) is 0 Å². The molecule has 2 atom stereocenters. The monoisotopic (exact) mass is 339 g/mol. The van der Waals surface area contributed by atoms with Gasteiger partial charge in [-0.3, -0.25) is 10.2 Å². The molecule has 0 aromatic heterocycles. The van der Waals surface area contributed by atoms with Crippen molar-refractivity contribution in [2.24, 2.45) is 5.92 Å². The fourth-order valence-corrected chi connectivity index (χ4v) is 3.00. The van der Waals surface area contributed by atoms with E-state index in [0.717, 1.165) is 16.9 Å². The van der Waals surface area contributed by atoms with Crippen molar-refractivity contribution < 1.29 is 9.53 Å². The number of hydrogen-bond donors (Lipinski definition) is 3. The van der Waals surface area contributed by atoms with Gasteiger partial charge in [-0.1, -0.05) is 42.5 Å². The Hall–Kier alpha value is -2.37. The molecule has 0 aliphatic carbocycles. The molecule has 0 saturated carbocycles. The van der Waals surface area contributed by atoms with E-state index in [1.165, 1.54) is 0 Å². The molecule has 2 unspecified atom stereocenters. The highest BCUT2D eigenvalue weighted by molar-refractivity contribution is 5.80. The maximum Gasteiger partial charge on any atom is 0.226 e. The Morgan fingerprint density at radius 3 is 2.56 bits per heavy atom. The van der Waals surface area contributed by atoms with Gasteiger partial charge in [0.15, 0.2) is 0 Å². The zero-order chi connectivity index (χ0) is 17.6. The molecule has 1 aliphatic heterocycles. The van der Waals surface area contributed by atoms with Crippen molar-refractivity contribution in [3.05, 3.63) is 65.7 Å². The Balaban J connectivity index is 1.57. The van der Waals surface area contributed by atoms with Crippen LogP contribution < -0.4 is 20.9 Å². The minimum Gasteiger partial charge on any atom is -0.491 e. The standard InChI is InChI=1S/C20H25N3O2/c1-14(2)25-17-10-8-15(9-11-17)12-21-20(24)18-13-22-23-19(18)16-6-4-3-5-7-16/h3-11,14,18-19,22-23H,12-13H2,1-2H3,(H,21,24). The molecule has 1 amide bonds. The second-order valence-electron chi connectivity index (χ2n) is 6.55. The summed E-state index contributed by atoms with van der Waals surface area (Å²) in [6.45, 7) is 5.13. The van der Waals surface area contributed by atoms with Crippen molar-refractivity contribution in [3.63, 3.8) is 0 Å². The minimum absolute atomic E-state index is 0.0111. The van der Waals surface area contributed by atoms with Gasteiger partial charge in [0.1, 0.15) is 5.75 Å². The second-order valence-corrected chi connectivity index (χ2v) is 6.55. The summed E-state index contributed by atoms with van der Waals surface area (Å²) in [4.78, 5) is 12.6. The first-order valence-electron chi connectivity index (χ1n) is 8.70. The summed E-state index contributed by atoms with van der Waals surface area (Å²) in [5.41, 5.74) is 8.47. The summed E-state index contributed by atoms with van der Waals surface area (Å²) < 4.78 is 5.64. The van der Waals surface area contributed by atoms with Gasteiger partial charge in [0.05, 0.1) is 18.1 Å². The van der Waals surface area contributed by atoms with Crippen LogP contribution in [0.2, 0.25) is 0 Å². The Kier molecular flexibility index (Phi) is 5.68. The third-order valence-corrected chi connectivity index (χ3v) is 4.24. The van der Waals surface area contributed by atoms with Crippen molar-refractivity contribution >= 4 is 5.91 Å². The smallest absolute Gasteiger partial charge is 0.226 e. The third kappa shape index (κ3) is 4.59. The lowest BCUT2D eigenvalue weighted by Gasteiger charge is -2.18. The highest BCUT2D eigenvalue weighted by Crippen LogP contribution is 2.24. The zero-order valence-corrected chi connectivity index (χ0v) is 14.7. The van der Waals surface area contributed by atoms with E-state index in [1.807, 2.05) is 68.4 Å². The molecule has 5 nitrogen and oxygen atoms in total. The molecule has 1 fully saturated rings. The van der Waals surface area contributed by atoms with Crippen LogP contribution in [-0.4, -0.2) is 18.6 Å². The molecule has 2 aromatic carbocycles. The largest absolute Gasteiger partial charge is 0.491 e. The van der Waals surface area contributed by atoms with Crippen LogP contribution in [0.3, 0.4) is 0 Å². The van der Waals surface area contributed by atoms with E-state index in [9.17, 15) is 4.79 Å². The second kappa shape index (κ2) is 8.14. The lowest BCUT2D eigenvalue weighted by atomic mass is 9.94. The maximum atomic E-state index is 12.6. The number of amides is 1. The van der Waals surface area contributed by atoms with Crippen molar-refractivity contribution in [1.82, 2.24) is 16.2 Å². The van der Waals surface area contributed by atoms with Gasteiger partial charge in [-0.05, 0) is 37.1 Å². The highest BCUT2D eigenvalue weighted by atomic mass is 16.5. The Morgan fingerprint density at radius 2 is 1.88 bits per heavy atom. The van der Waals surface area contributed by atoms with E-state index in [4.69, 9.17) is 4.74 Å². The zero-order valence-electron chi connectivity index (χ0n) is 14.7. The molecule has 3 rings (SSSR count). The number of rotatable bonds is 6. The summed E-state index contributed by atoms with van der Waals surface area (Å²) >= 11 is 0. The van der Waals surface area contributed by atoms with Gasteiger partial charge >= 0.3 is 0 Å². The van der Waals surface area contributed by atoms with Crippen LogP contribution in [0, 0.1) is 5.92 Å². The molecular formula is C20H25N3O2. The minimum atomic E-state index is -0.133. The van der Waals surface area contributed by atoms with Crippen molar-refractivity contribution in [2.45, 2.75) is 32.5 Å². The van der Waals surface area contributed by atoms with E-state index in [2.05, 4.69) is 16.2 Å². The number of nitrogens with one attached hydrogen (secondary N) is 3. The summed E-state index contributed by atoms with van der Waals surface area (Å²) in [5, 5.41) is 3.04. The molecule has 2 aromatic rings. The Labute approximate surface area is 148 Å². The topological polar surface area (TPSA) is 62.4 Å². The summed E-state index contributed by atoms with van der Waals surface area (Å²) in [5.74, 6) is 0.762. The van der Waals surface area contributed by atoms with Gasteiger partial charge in [-0.2, -0.15) is 0 Å². The molecule has 132 valence electrons. The molecular weight excluding hydrogens is 314 g/mol. The van der Waals surface area contributed by atoms with E-state index in [0.29, 0.717) is 13.1 Å². The van der Waals surface area contributed by atoms with E-state index < -0.39 is 0 Å². The molecule has 25 heavy (non-hydrogen) atoms. The average molecular weight is 339 g/mol. The lowest BCUT2D eigenvalue weighted by Crippen LogP contribution is -2.34. The van der Waals surface area contributed by atoms with E-state index in [1.54, 1.807) is 0 Å². The van der Waals surface area contributed by atoms with Crippen LogP contribution in [0.15, 0.2) is 54.6 Å². The lowest BCUT2D eigenvalue weighted by molar-refractivity contribution is -0.125. The van der Waals surface area contributed by atoms with Gasteiger partial charge in [-0.15, -0.1) is 0 Å². The summed E-state index contributed by atoms with van der Waals surface area (Å²) in [6.07, 6.45) is 0.155.